The second kappa shape index (κ2) is 9.91. The Kier molecular flexibility index (Phi) is 7.55. The first-order valence-electron chi connectivity index (χ1n) is 8.51. The highest BCUT2D eigenvalue weighted by Gasteiger charge is 2.33. The molecule has 28 heavy (non-hydrogen) atoms. The predicted octanol–water partition coefficient (Wildman–Crippen LogP) is 5.40. The van der Waals surface area contributed by atoms with Crippen LogP contribution in [0.25, 0.3) is 6.08 Å². The molecule has 2 aromatic carbocycles. The topological polar surface area (TPSA) is 62.1 Å². The molecule has 0 radical (unpaired) electrons. The van der Waals surface area contributed by atoms with E-state index in [1.54, 1.807) is 24.2 Å². The summed E-state index contributed by atoms with van der Waals surface area (Å²) in [5.74, 6) is 0.0363. The minimum Gasteiger partial charge on any atom is -0.506 e. The average molecular weight is 573 g/mol. The van der Waals surface area contributed by atoms with Gasteiger partial charge in [-0.05, 0) is 71.1 Å². The molecule has 0 saturated carbocycles. The highest BCUT2D eigenvalue weighted by molar-refractivity contribution is 14.1. The van der Waals surface area contributed by atoms with E-state index in [1.807, 2.05) is 36.4 Å². The lowest BCUT2D eigenvalue weighted by molar-refractivity contribution is -0.122. The van der Waals surface area contributed by atoms with Crippen molar-refractivity contribution in [2.75, 3.05) is 20.3 Å². The minimum absolute atomic E-state index is 0.120. The van der Waals surface area contributed by atoms with Gasteiger partial charge in [0.1, 0.15) is 5.75 Å². The number of ether oxygens (including phenoxy) is 1. The molecule has 1 amide bonds. The first kappa shape index (κ1) is 21.4. The first-order valence-corrected chi connectivity index (χ1v) is 11.2. The summed E-state index contributed by atoms with van der Waals surface area (Å²) in [6.07, 6.45) is 2.43. The van der Waals surface area contributed by atoms with Crippen molar-refractivity contribution in [2.45, 2.75) is 6.42 Å². The van der Waals surface area contributed by atoms with E-state index in [0.717, 1.165) is 10.2 Å². The van der Waals surface area contributed by atoms with Crippen LogP contribution in [0.2, 0.25) is 0 Å². The molecule has 1 N–H and O–H groups in total. The molecule has 1 fully saturated rings. The van der Waals surface area contributed by atoms with Crippen molar-refractivity contribution in [3.05, 3.63) is 61.0 Å². The zero-order valence-corrected chi connectivity index (χ0v) is 19.6. The second-order valence-electron chi connectivity index (χ2n) is 5.97. The van der Waals surface area contributed by atoms with Crippen LogP contribution < -0.4 is 0 Å². The van der Waals surface area contributed by atoms with Crippen LogP contribution >= 0.6 is 50.3 Å². The maximum absolute atomic E-state index is 13.0. The number of hydrogen-bond donors (Lipinski definition) is 1. The Morgan fingerprint density at radius 2 is 2.07 bits per heavy atom. The Morgan fingerprint density at radius 1 is 1.32 bits per heavy atom. The summed E-state index contributed by atoms with van der Waals surface area (Å²) in [6.45, 7) is 1.08. The fourth-order valence-corrected chi connectivity index (χ4v) is 5.17. The number of amidine groups is 1. The van der Waals surface area contributed by atoms with Crippen LogP contribution in [0.15, 0.2) is 56.8 Å². The maximum Gasteiger partial charge on any atom is 0.266 e. The van der Waals surface area contributed by atoms with Crippen molar-refractivity contribution in [3.8, 4) is 5.75 Å². The van der Waals surface area contributed by atoms with E-state index in [9.17, 15) is 9.90 Å². The van der Waals surface area contributed by atoms with Crippen LogP contribution in [0.4, 0.5) is 5.69 Å². The van der Waals surface area contributed by atoms with E-state index >= 15 is 0 Å². The summed E-state index contributed by atoms with van der Waals surface area (Å²) < 4.78 is 6.67. The number of aliphatic imine (C=N–C) groups is 1. The number of carbonyl (C=O) groups is 1. The normalized spacial score (nSPS) is 17.1. The predicted molar refractivity (Wildman–Crippen MR) is 126 cm³/mol. The molecule has 0 bridgehead atoms. The lowest BCUT2D eigenvalue weighted by Gasteiger charge is -2.15. The average Bonchev–Trinajstić information content (AvgIpc) is 2.95. The van der Waals surface area contributed by atoms with Gasteiger partial charge in [0.2, 0.25) is 0 Å². The molecule has 1 aliphatic heterocycles. The number of rotatable bonds is 6. The maximum atomic E-state index is 13.0. The van der Waals surface area contributed by atoms with Crippen molar-refractivity contribution in [3.63, 3.8) is 0 Å². The van der Waals surface area contributed by atoms with E-state index in [-0.39, 0.29) is 11.7 Å². The van der Waals surface area contributed by atoms with Gasteiger partial charge in [0.15, 0.2) is 5.17 Å². The Morgan fingerprint density at radius 3 is 2.79 bits per heavy atom. The van der Waals surface area contributed by atoms with Gasteiger partial charge in [0, 0.05) is 30.3 Å². The summed E-state index contributed by atoms with van der Waals surface area (Å²) in [5, 5.41) is 11.0. The van der Waals surface area contributed by atoms with Crippen LogP contribution in [0.5, 0.6) is 5.75 Å². The number of phenols is 1. The number of carbonyl (C=O) groups excluding carboxylic acids is 1. The van der Waals surface area contributed by atoms with Crippen molar-refractivity contribution >= 4 is 73.1 Å². The Bertz CT molecular complexity index is 935. The number of benzene rings is 2. The van der Waals surface area contributed by atoms with E-state index in [1.165, 1.54) is 11.8 Å². The Balaban J connectivity index is 1.96. The second-order valence-corrected chi connectivity index (χ2v) is 9.06. The Labute approximate surface area is 190 Å². The van der Waals surface area contributed by atoms with Crippen molar-refractivity contribution in [1.82, 2.24) is 4.90 Å². The minimum atomic E-state index is -0.120. The number of halogens is 2. The third kappa shape index (κ3) is 5.16. The first-order chi connectivity index (χ1) is 13.5. The molecule has 1 aliphatic rings. The zero-order chi connectivity index (χ0) is 20.1. The standard InChI is InChI=1S/C20H18BrIN2O3S/c1-27-9-5-8-24-19(26)17(11-13-10-14(21)12-16(22)18(13)25)28-20(24)23-15-6-3-2-4-7-15/h2-4,6-7,10-12,25H,5,8-9H2,1H3/b17-11+,23-20?. The smallest absolute Gasteiger partial charge is 0.266 e. The lowest BCUT2D eigenvalue weighted by atomic mass is 10.2. The molecule has 1 heterocycles. The van der Waals surface area contributed by atoms with E-state index in [0.29, 0.717) is 38.8 Å². The molecule has 5 nitrogen and oxygen atoms in total. The van der Waals surface area contributed by atoms with Gasteiger partial charge >= 0.3 is 0 Å². The van der Waals surface area contributed by atoms with Crippen LogP contribution in [0.3, 0.4) is 0 Å². The van der Waals surface area contributed by atoms with E-state index < -0.39 is 0 Å². The third-order valence-electron chi connectivity index (χ3n) is 3.94. The van der Waals surface area contributed by atoms with Gasteiger partial charge in [-0.2, -0.15) is 0 Å². The molecule has 0 aliphatic carbocycles. The van der Waals surface area contributed by atoms with Gasteiger partial charge in [0.05, 0.1) is 14.2 Å². The summed E-state index contributed by atoms with van der Waals surface area (Å²) in [7, 11) is 1.64. The van der Waals surface area contributed by atoms with Crippen molar-refractivity contribution < 1.29 is 14.6 Å². The summed E-state index contributed by atoms with van der Waals surface area (Å²) >= 11 is 6.81. The molecule has 2 aromatic rings. The molecular weight excluding hydrogens is 555 g/mol. The summed E-state index contributed by atoms with van der Waals surface area (Å²) in [6, 6.07) is 13.2. The van der Waals surface area contributed by atoms with Gasteiger partial charge in [-0.3, -0.25) is 9.69 Å². The van der Waals surface area contributed by atoms with Crippen LogP contribution in [0.1, 0.15) is 12.0 Å². The number of thioether (sulfide) groups is 1. The van der Waals surface area contributed by atoms with E-state index in [2.05, 4.69) is 43.5 Å². The highest BCUT2D eigenvalue weighted by atomic mass is 127. The molecule has 3 rings (SSSR count). The molecule has 1 saturated heterocycles. The third-order valence-corrected chi connectivity index (χ3v) is 6.23. The fourth-order valence-electron chi connectivity index (χ4n) is 2.61. The Hall–Kier alpha value is -1.36. The molecular formula is C20H18BrIN2O3S. The van der Waals surface area contributed by atoms with Gasteiger partial charge in [-0.1, -0.05) is 34.1 Å². The van der Waals surface area contributed by atoms with Gasteiger partial charge in [0.25, 0.3) is 5.91 Å². The van der Waals surface area contributed by atoms with Crippen molar-refractivity contribution in [1.29, 1.82) is 0 Å². The number of methoxy groups -OCH3 is 1. The lowest BCUT2D eigenvalue weighted by Crippen LogP contribution is -2.30. The largest absolute Gasteiger partial charge is 0.506 e. The number of phenolic OH excluding ortho intramolecular Hbond substituents is 1. The van der Waals surface area contributed by atoms with Crippen LogP contribution in [0, 0.1) is 3.57 Å². The quantitative estimate of drug-likeness (QED) is 0.286. The fraction of sp³-hybridized carbons (Fsp3) is 0.200. The highest BCUT2D eigenvalue weighted by Crippen LogP contribution is 2.37. The monoisotopic (exact) mass is 572 g/mol. The SMILES string of the molecule is COCCCN1C(=O)/C(=C\c2cc(Br)cc(I)c2O)SC1=Nc1ccccc1. The zero-order valence-electron chi connectivity index (χ0n) is 15.1. The van der Waals surface area contributed by atoms with Gasteiger partial charge in [-0.25, -0.2) is 4.99 Å². The summed E-state index contributed by atoms with van der Waals surface area (Å²) in [5.41, 5.74) is 1.38. The van der Waals surface area contributed by atoms with Crippen molar-refractivity contribution in [2.24, 2.45) is 4.99 Å². The molecule has 0 atom stereocenters. The van der Waals surface area contributed by atoms with E-state index in [4.69, 9.17) is 4.74 Å². The number of aromatic hydroxyl groups is 1. The number of nitrogens with zero attached hydrogens (tertiary/aromatic N) is 2. The van der Waals surface area contributed by atoms with Crippen LogP contribution in [-0.4, -0.2) is 41.3 Å². The summed E-state index contributed by atoms with van der Waals surface area (Å²) in [4.78, 5) is 19.8. The molecule has 0 spiro atoms. The number of para-hydroxylation sites is 1. The van der Waals surface area contributed by atoms with Crippen LogP contribution in [-0.2, 0) is 9.53 Å². The molecule has 0 aromatic heterocycles. The number of amides is 1. The van der Waals surface area contributed by atoms with Gasteiger partial charge in [-0.15, -0.1) is 0 Å². The van der Waals surface area contributed by atoms with Gasteiger partial charge < -0.3 is 9.84 Å². The molecule has 146 valence electrons. The number of hydrogen-bond acceptors (Lipinski definition) is 5. The molecule has 0 unspecified atom stereocenters. The molecule has 8 heteroatoms.